The fourth-order valence-corrected chi connectivity index (χ4v) is 0.865. The van der Waals surface area contributed by atoms with Crippen LogP contribution in [0.2, 0.25) is 0 Å². The Morgan fingerprint density at radius 2 is 2.38 bits per heavy atom. The summed E-state index contributed by atoms with van der Waals surface area (Å²) in [6.45, 7) is 1.76. The van der Waals surface area contributed by atoms with Crippen LogP contribution in [0.4, 0.5) is 0 Å². The Morgan fingerprint density at radius 3 is 2.62 bits per heavy atom. The summed E-state index contributed by atoms with van der Waals surface area (Å²) in [5.41, 5.74) is 1.17. The van der Waals surface area contributed by atoms with Crippen molar-refractivity contribution in [1.82, 2.24) is 8.75 Å². The van der Waals surface area contributed by atoms with Gasteiger partial charge in [0.25, 0.3) is 0 Å². The third-order valence-corrected chi connectivity index (χ3v) is 1.43. The number of carbonyl (C=O) groups is 1. The van der Waals surface area contributed by atoms with E-state index in [2.05, 4.69) is 8.75 Å². The summed E-state index contributed by atoms with van der Waals surface area (Å²) in [5.74, 6) is 0. The van der Waals surface area contributed by atoms with E-state index in [0.717, 1.165) is 11.7 Å². The minimum atomic E-state index is 0.454. The van der Waals surface area contributed by atoms with Crippen molar-refractivity contribution in [2.45, 2.75) is 6.92 Å². The number of aromatic nitrogens is 2. The van der Waals surface area contributed by atoms with Gasteiger partial charge in [-0.05, 0) is 6.92 Å². The van der Waals surface area contributed by atoms with Crippen LogP contribution in [0.3, 0.4) is 0 Å². The van der Waals surface area contributed by atoms with E-state index in [-0.39, 0.29) is 0 Å². The molecule has 0 aliphatic carbocycles. The first-order valence-corrected chi connectivity index (χ1v) is 2.82. The highest BCUT2D eigenvalue weighted by Gasteiger charge is 1.97. The van der Waals surface area contributed by atoms with Crippen molar-refractivity contribution in [2.75, 3.05) is 0 Å². The highest BCUT2D eigenvalue weighted by Crippen LogP contribution is 1.98. The molecule has 0 saturated heterocycles. The summed E-state index contributed by atoms with van der Waals surface area (Å²) in [7, 11) is 0. The number of aldehydes is 1. The van der Waals surface area contributed by atoms with Gasteiger partial charge in [0, 0.05) is 0 Å². The van der Waals surface area contributed by atoms with Crippen LogP contribution in [0.25, 0.3) is 0 Å². The highest BCUT2D eigenvalue weighted by molar-refractivity contribution is 6.99. The molecule has 0 saturated carbocycles. The number of hydrogen-bond donors (Lipinski definition) is 0. The van der Waals surface area contributed by atoms with Gasteiger partial charge in [0.05, 0.1) is 17.4 Å². The lowest BCUT2D eigenvalue weighted by atomic mass is 10.4. The van der Waals surface area contributed by atoms with E-state index in [0.29, 0.717) is 17.7 Å². The summed E-state index contributed by atoms with van der Waals surface area (Å²) in [5, 5.41) is 0. The lowest BCUT2D eigenvalue weighted by Gasteiger charge is -1.74. The quantitative estimate of drug-likeness (QED) is 0.522. The van der Waals surface area contributed by atoms with Crippen molar-refractivity contribution in [2.24, 2.45) is 0 Å². The van der Waals surface area contributed by atoms with Crippen molar-refractivity contribution in [1.29, 1.82) is 0 Å². The standard InChI is InChI=1S/C4H4N2OS/c1-3-4(2-7)6-8-5-3/h2H,1H3. The Hall–Kier alpha value is -0.770. The van der Waals surface area contributed by atoms with Crippen molar-refractivity contribution in [3.05, 3.63) is 11.4 Å². The average molecular weight is 128 g/mol. The third-order valence-electron chi connectivity index (χ3n) is 0.799. The molecule has 1 aromatic rings. The van der Waals surface area contributed by atoms with E-state index < -0.39 is 0 Å². The molecule has 0 aliphatic heterocycles. The normalized spacial score (nSPS) is 9.12. The molecule has 8 heavy (non-hydrogen) atoms. The van der Waals surface area contributed by atoms with Crippen LogP contribution in [-0.4, -0.2) is 15.0 Å². The van der Waals surface area contributed by atoms with Gasteiger partial charge in [0.15, 0.2) is 6.29 Å². The zero-order chi connectivity index (χ0) is 5.98. The number of rotatable bonds is 1. The van der Waals surface area contributed by atoms with E-state index in [4.69, 9.17) is 0 Å². The van der Waals surface area contributed by atoms with Crippen molar-refractivity contribution >= 4 is 18.0 Å². The van der Waals surface area contributed by atoms with Crippen LogP contribution in [0.15, 0.2) is 0 Å². The maximum absolute atomic E-state index is 9.99. The summed E-state index contributed by atoms with van der Waals surface area (Å²) in [6, 6.07) is 0. The molecule has 0 spiro atoms. The van der Waals surface area contributed by atoms with Gasteiger partial charge in [-0.25, -0.2) is 0 Å². The molecule has 0 bridgehead atoms. The van der Waals surface area contributed by atoms with Crippen LogP contribution in [0.5, 0.6) is 0 Å². The predicted molar refractivity (Wildman–Crippen MR) is 30.0 cm³/mol. The van der Waals surface area contributed by atoms with Gasteiger partial charge in [-0.3, -0.25) is 4.79 Å². The molecule has 0 aliphatic rings. The molecule has 42 valence electrons. The van der Waals surface area contributed by atoms with Crippen LogP contribution in [0.1, 0.15) is 16.2 Å². The Balaban J connectivity index is 3.09. The molecule has 0 amide bonds. The van der Waals surface area contributed by atoms with Crippen LogP contribution in [-0.2, 0) is 0 Å². The van der Waals surface area contributed by atoms with E-state index >= 15 is 0 Å². The summed E-state index contributed by atoms with van der Waals surface area (Å²) in [4.78, 5) is 9.99. The molecule has 0 atom stereocenters. The zero-order valence-corrected chi connectivity index (χ0v) is 5.10. The molecule has 3 nitrogen and oxygen atoms in total. The molecule has 0 N–H and O–H groups in total. The topological polar surface area (TPSA) is 42.9 Å². The Labute approximate surface area is 50.7 Å². The molecule has 0 radical (unpaired) electrons. The van der Waals surface area contributed by atoms with Gasteiger partial charge in [0.1, 0.15) is 5.69 Å². The molecular formula is C4H4N2OS. The molecule has 0 aromatic carbocycles. The summed E-state index contributed by atoms with van der Waals surface area (Å²) in [6.07, 6.45) is 0.707. The zero-order valence-electron chi connectivity index (χ0n) is 4.29. The van der Waals surface area contributed by atoms with Crippen molar-refractivity contribution < 1.29 is 4.79 Å². The largest absolute Gasteiger partial charge is 0.296 e. The van der Waals surface area contributed by atoms with Gasteiger partial charge < -0.3 is 0 Å². The second kappa shape index (κ2) is 2.00. The Bertz CT molecular complexity index is 196. The first kappa shape index (κ1) is 5.37. The molecule has 0 unspecified atom stereocenters. The number of nitrogens with zero attached hydrogens (tertiary/aromatic N) is 2. The smallest absolute Gasteiger partial charge is 0.171 e. The Morgan fingerprint density at radius 1 is 1.62 bits per heavy atom. The van der Waals surface area contributed by atoms with Gasteiger partial charge in [-0.15, -0.1) is 0 Å². The third kappa shape index (κ3) is 0.742. The molecular weight excluding hydrogens is 124 g/mol. The lowest BCUT2D eigenvalue weighted by molar-refractivity contribution is 0.111. The second-order valence-electron chi connectivity index (χ2n) is 1.35. The molecule has 1 aromatic heterocycles. The number of hydrogen-bond acceptors (Lipinski definition) is 4. The number of carbonyl (C=O) groups excluding carboxylic acids is 1. The van der Waals surface area contributed by atoms with Crippen LogP contribution < -0.4 is 0 Å². The fraction of sp³-hybridized carbons (Fsp3) is 0.250. The van der Waals surface area contributed by atoms with E-state index in [1.165, 1.54) is 0 Å². The van der Waals surface area contributed by atoms with E-state index in [9.17, 15) is 4.79 Å². The minimum absolute atomic E-state index is 0.454. The second-order valence-corrected chi connectivity index (χ2v) is 1.88. The van der Waals surface area contributed by atoms with Gasteiger partial charge in [-0.1, -0.05) is 0 Å². The molecule has 1 heterocycles. The first-order valence-electron chi connectivity index (χ1n) is 2.09. The monoisotopic (exact) mass is 128 g/mol. The maximum Gasteiger partial charge on any atom is 0.171 e. The fourth-order valence-electron chi connectivity index (χ4n) is 0.345. The van der Waals surface area contributed by atoms with Gasteiger partial charge in [-0.2, -0.15) is 8.75 Å². The summed E-state index contributed by atoms with van der Waals surface area (Å²) < 4.78 is 7.48. The first-order chi connectivity index (χ1) is 3.84. The average Bonchev–Trinajstić information content (AvgIpc) is 2.14. The predicted octanol–water partition coefficient (Wildman–Crippen LogP) is 0.659. The van der Waals surface area contributed by atoms with Crippen LogP contribution >= 0.6 is 11.7 Å². The summed E-state index contributed by atoms with van der Waals surface area (Å²) >= 11 is 1.06. The lowest BCUT2D eigenvalue weighted by Crippen LogP contribution is -1.80. The maximum atomic E-state index is 9.99. The molecule has 4 heteroatoms. The molecule has 1 rings (SSSR count). The van der Waals surface area contributed by atoms with Crippen molar-refractivity contribution in [3.8, 4) is 0 Å². The van der Waals surface area contributed by atoms with Crippen LogP contribution in [0, 0.1) is 6.92 Å². The van der Waals surface area contributed by atoms with E-state index in [1.807, 2.05) is 0 Å². The number of aryl methyl sites for hydroxylation is 1. The Kier molecular flexibility index (Phi) is 1.34. The van der Waals surface area contributed by atoms with E-state index in [1.54, 1.807) is 6.92 Å². The van der Waals surface area contributed by atoms with Gasteiger partial charge >= 0.3 is 0 Å². The van der Waals surface area contributed by atoms with Crippen molar-refractivity contribution in [3.63, 3.8) is 0 Å². The van der Waals surface area contributed by atoms with Gasteiger partial charge in [0.2, 0.25) is 0 Å². The molecule has 0 fully saturated rings. The highest BCUT2D eigenvalue weighted by atomic mass is 32.1. The minimum Gasteiger partial charge on any atom is -0.296 e. The SMILES string of the molecule is Cc1nsnc1C=O.